The molecule has 0 bridgehead atoms. The molecule has 0 heterocycles. The van der Waals surface area contributed by atoms with Crippen LogP contribution in [0.2, 0.25) is 0 Å². The number of benzene rings is 1. The lowest BCUT2D eigenvalue weighted by Crippen LogP contribution is -2.51. The lowest BCUT2D eigenvalue weighted by molar-refractivity contribution is -0.127. The first-order valence-corrected chi connectivity index (χ1v) is 15.3. The predicted octanol–water partition coefficient (Wildman–Crippen LogP) is 7.55. The van der Waals surface area contributed by atoms with E-state index in [-0.39, 0.29) is 40.5 Å². The maximum atomic E-state index is 13.9. The molecule has 5 unspecified atom stereocenters. The van der Waals surface area contributed by atoms with Crippen molar-refractivity contribution in [2.75, 3.05) is 0 Å². The largest absolute Gasteiger partial charge is 0.459 e. The Morgan fingerprint density at radius 2 is 1.79 bits per heavy atom. The van der Waals surface area contributed by atoms with E-state index in [0.717, 1.165) is 55.6 Å². The number of hydrogen-bond donors (Lipinski definition) is 1. The van der Waals surface area contributed by atoms with Crippen molar-refractivity contribution in [3.05, 3.63) is 47.0 Å². The number of ketones is 1. The smallest absolute Gasteiger partial charge is 0.338 e. The zero-order valence-electron chi connectivity index (χ0n) is 24.2. The van der Waals surface area contributed by atoms with Gasteiger partial charge in [0, 0.05) is 12.0 Å². The highest BCUT2D eigenvalue weighted by molar-refractivity contribution is 5.98. The second-order valence-corrected chi connectivity index (χ2v) is 14.0. The Balaban J connectivity index is 1.34. The van der Waals surface area contributed by atoms with Gasteiger partial charge < -0.3 is 9.84 Å². The molecule has 8 atom stereocenters. The lowest BCUT2D eigenvalue weighted by atomic mass is 9.48. The number of esters is 1. The third kappa shape index (κ3) is 4.80. The van der Waals surface area contributed by atoms with Gasteiger partial charge in [0.05, 0.1) is 11.7 Å². The third-order valence-electron chi connectivity index (χ3n) is 11.3. The number of aliphatic hydroxyl groups excluding tert-OH is 1. The quantitative estimate of drug-likeness (QED) is 0.377. The Labute approximate surface area is 229 Å². The highest BCUT2D eigenvalue weighted by atomic mass is 16.5. The summed E-state index contributed by atoms with van der Waals surface area (Å²) in [6.45, 7) is 11.7. The molecule has 0 aliphatic heterocycles. The fourth-order valence-corrected chi connectivity index (χ4v) is 9.09. The first-order chi connectivity index (χ1) is 18.0. The van der Waals surface area contributed by atoms with Gasteiger partial charge in [-0.15, -0.1) is 0 Å². The van der Waals surface area contributed by atoms with E-state index in [1.807, 2.05) is 18.2 Å². The third-order valence-corrected chi connectivity index (χ3v) is 11.3. The molecule has 1 aromatic rings. The number of hydrogen-bond acceptors (Lipinski definition) is 4. The molecule has 1 N–H and O–H groups in total. The van der Waals surface area contributed by atoms with Gasteiger partial charge in [0.15, 0.2) is 5.78 Å². The fraction of sp³-hybridized carbons (Fsp3) is 0.706. The zero-order valence-corrected chi connectivity index (χ0v) is 24.2. The Morgan fingerprint density at radius 1 is 1.05 bits per heavy atom. The summed E-state index contributed by atoms with van der Waals surface area (Å²) in [6.07, 6.45) is 9.06. The number of carbonyl (C=O) groups excluding carboxylic acids is 2. The van der Waals surface area contributed by atoms with Crippen LogP contribution >= 0.6 is 0 Å². The normalized spacial score (nSPS) is 37.4. The van der Waals surface area contributed by atoms with E-state index in [2.05, 4.69) is 34.6 Å². The molecular formula is C34H48O4. The molecule has 4 nitrogen and oxygen atoms in total. The average molecular weight is 521 g/mol. The topological polar surface area (TPSA) is 63.6 Å². The second-order valence-electron chi connectivity index (χ2n) is 14.0. The van der Waals surface area contributed by atoms with E-state index in [0.29, 0.717) is 23.8 Å². The van der Waals surface area contributed by atoms with Crippen LogP contribution in [0.1, 0.15) is 109 Å². The highest BCUT2D eigenvalue weighted by Gasteiger charge is 2.60. The van der Waals surface area contributed by atoms with Crippen LogP contribution in [-0.2, 0) is 9.53 Å². The van der Waals surface area contributed by atoms with Crippen molar-refractivity contribution in [1.29, 1.82) is 0 Å². The summed E-state index contributed by atoms with van der Waals surface area (Å²) in [7, 11) is 0. The number of ether oxygens (including phenoxy) is 1. The van der Waals surface area contributed by atoms with Crippen molar-refractivity contribution in [3.63, 3.8) is 0 Å². The molecule has 4 aliphatic carbocycles. The average Bonchev–Trinajstić information content (AvgIpc) is 3.15. The van der Waals surface area contributed by atoms with Gasteiger partial charge in [-0.25, -0.2) is 4.79 Å². The Hall–Kier alpha value is -1.94. The maximum Gasteiger partial charge on any atom is 0.338 e. The Bertz CT molecular complexity index is 1070. The summed E-state index contributed by atoms with van der Waals surface area (Å²) in [6, 6.07) is 9.20. The number of carbonyl (C=O) groups is 2. The van der Waals surface area contributed by atoms with Crippen LogP contribution in [0.15, 0.2) is 41.5 Å². The number of Topliss-reactive ketones (excluding diaryl/α,β-unsaturated/α-hetero) is 1. The Kier molecular flexibility index (Phi) is 7.68. The van der Waals surface area contributed by atoms with Gasteiger partial charge in [-0.3, -0.25) is 4.79 Å². The number of fused-ring (bicyclic) bond motifs is 4. The zero-order chi connectivity index (χ0) is 27.2. The van der Waals surface area contributed by atoms with Crippen molar-refractivity contribution in [3.8, 4) is 0 Å². The predicted molar refractivity (Wildman–Crippen MR) is 151 cm³/mol. The van der Waals surface area contributed by atoms with Crippen molar-refractivity contribution in [2.45, 2.75) is 111 Å². The number of allylic oxidation sites excluding steroid dienone is 1. The van der Waals surface area contributed by atoms with Crippen molar-refractivity contribution in [2.24, 2.45) is 40.4 Å². The molecule has 3 saturated carbocycles. The number of aliphatic hydroxyl groups is 1. The van der Waals surface area contributed by atoms with Crippen LogP contribution in [0.3, 0.4) is 0 Å². The van der Waals surface area contributed by atoms with Gasteiger partial charge in [-0.05, 0) is 96.7 Å². The first-order valence-electron chi connectivity index (χ1n) is 15.3. The van der Waals surface area contributed by atoms with Gasteiger partial charge >= 0.3 is 5.97 Å². The summed E-state index contributed by atoms with van der Waals surface area (Å²) in [4.78, 5) is 26.6. The monoisotopic (exact) mass is 520 g/mol. The van der Waals surface area contributed by atoms with E-state index in [1.165, 1.54) is 19.3 Å². The van der Waals surface area contributed by atoms with E-state index in [4.69, 9.17) is 4.74 Å². The molecule has 4 heteroatoms. The van der Waals surface area contributed by atoms with E-state index in [9.17, 15) is 14.7 Å². The minimum Gasteiger partial charge on any atom is -0.459 e. The standard InChI is InChI=1S/C34H48O4/c1-21(2)10-9-11-22(3)27-20-29(36)31-30-26(15-17-34(27,31)5)33(4)16-14-25(18-24(33)19-28(30)35)38-32(37)23-12-7-6-8-13-23/h6-8,12-13,21-22,24-27,29,36H,9-11,14-20H2,1-5H3/t22-,24-,25?,26?,27?,29+,33?,34?/m1/s1. The number of rotatable bonds is 7. The van der Waals surface area contributed by atoms with Crippen LogP contribution in [0.4, 0.5) is 0 Å². The van der Waals surface area contributed by atoms with Crippen molar-refractivity contribution >= 4 is 11.8 Å². The Morgan fingerprint density at radius 3 is 2.50 bits per heavy atom. The van der Waals surface area contributed by atoms with Gasteiger partial charge in [0.2, 0.25) is 0 Å². The van der Waals surface area contributed by atoms with Crippen LogP contribution in [-0.4, -0.2) is 29.1 Å². The summed E-state index contributed by atoms with van der Waals surface area (Å²) >= 11 is 0. The molecule has 0 saturated heterocycles. The molecule has 0 aromatic heterocycles. The molecule has 3 fully saturated rings. The van der Waals surface area contributed by atoms with Crippen LogP contribution < -0.4 is 0 Å². The van der Waals surface area contributed by atoms with Crippen LogP contribution in [0.25, 0.3) is 0 Å². The fourth-order valence-electron chi connectivity index (χ4n) is 9.09. The molecule has 0 spiro atoms. The van der Waals surface area contributed by atoms with Gasteiger partial charge in [0.1, 0.15) is 6.10 Å². The van der Waals surface area contributed by atoms with Crippen LogP contribution in [0.5, 0.6) is 0 Å². The SMILES string of the molecule is CC(C)CCC[C@@H](C)C1C[C@H](O)C2=C3C(=O)C[C@H]4CC(OC(=O)c5ccccc5)CCC4(C)C3CCC21C. The molecular weight excluding hydrogens is 472 g/mol. The van der Waals surface area contributed by atoms with Gasteiger partial charge in [0.25, 0.3) is 0 Å². The minimum atomic E-state index is -0.484. The highest BCUT2D eigenvalue weighted by Crippen LogP contribution is 2.65. The van der Waals surface area contributed by atoms with E-state index in [1.54, 1.807) is 12.1 Å². The maximum absolute atomic E-state index is 13.9. The summed E-state index contributed by atoms with van der Waals surface area (Å²) < 4.78 is 5.93. The molecule has 4 aliphatic rings. The summed E-state index contributed by atoms with van der Waals surface area (Å²) in [5.41, 5.74) is 2.65. The van der Waals surface area contributed by atoms with Crippen molar-refractivity contribution < 1.29 is 19.4 Å². The molecule has 0 radical (unpaired) electrons. The lowest BCUT2D eigenvalue weighted by Gasteiger charge is -2.56. The molecule has 5 rings (SSSR count). The van der Waals surface area contributed by atoms with E-state index >= 15 is 0 Å². The van der Waals surface area contributed by atoms with Crippen LogP contribution in [0, 0.1) is 40.4 Å². The molecule has 208 valence electrons. The molecule has 38 heavy (non-hydrogen) atoms. The van der Waals surface area contributed by atoms with Gasteiger partial charge in [-0.1, -0.05) is 72.1 Å². The summed E-state index contributed by atoms with van der Waals surface area (Å²) in [5, 5.41) is 11.4. The van der Waals surface area contributed by atoms with Gasteiger partial charge in [-0.2, -0.15) is 0 Å². The van der Waals surface area contributed by atoms with E-state index < -0.39 is 6.10 Å². The second kappa shape index (κ2) is 10.6. The molecule has 0 amide bonds. The summed E-state index contributed by atoms with van der Waals surface area (Å²) in [5.74, 6) is 2.15. The first kappa shape index (κ1) is 27.6. The molecule has 1 aromatic carbocycles. The minimum absolute atomic E-state index is 0.0217. The van der Waals surface area contributed by atoms with Crippen molar-refractivity contribution in [1.82, 2.24) is 0 Å².